The fourth-order valence-electron chi connectivity index (χ4n) is 8.37. The Hall–Kier alpha value is -1.53. The van der Waals surface area contributed by atoms with Crippen LogP contribution in [-0.4, -0.2) is 46.1 Å². The van der Waals surface area contributed by atoms with E-state index < -0.39 is 35.5 Å². The molecule has 6 heteroatoms. The molecule has 0 aliphatic heterocycles. The van der Waals surface area contributed by atoms with Crippen LogP contribution in [0.2, 0.25) is 0 Å². The second kappa shape index (κ2) is 8.05. The fourth-order valence-corrected chi connectivity index (χ4v) is 8.37. The summed E-state index contributed by atoms with van der Waals surface area (Å²) in [6.45, 7) is 7.57. The topological polar surface area (TPSA) is 101 Å². The summed E-state index contributed by atoms with van der Waals surface area (Å²) in [6, 6.07) is 0. The second-order valence-electron chi connectivity index (χ2n) is 11.3. The molecule has 0 amide bonds. The van der Waals surface area contributed by atoms with Crippen LogP contribution in [0, 0.1) is 34.5 Å². The van der Waals surface area contributed by atoms with E-state index in [1.807, 2.05) is 19.9 Å². The van der Waals surface area contributed by atoms with Crippen molar-refractivity contribution in [2.24, 2.45) is 34.5 Å². The van der Waals surface area contributed by atoms with Crippen LogP contribution in [0.1, 0.15) is 79.1 Å². The lowest BCUT2D eigenvalue weighted by molar-refractivity contribution is -0.203. The van der Waals surface area contributed by atoms with E-state index in [1.165, 1.54) is 5.57 Å². The summed E-state index contributed by atoms with van der Waals surface area (Å²) in [5.41, 5.74) is -1.17. The van der Waals surface area contributed by atoms with Crippen LogP contribution < -0.4 is 0 Å². The molecule has 0 saturated heterocycles. The number of hydrogen-bond donors (Lipinski definition) is 2. The molecule has 32 heavy (non-hydrogen) atoms. The third-order valence-corrected chi connectivity index (χ3v) is 9.67. The Morgan fingerprint density at radius 3 is 2.62 bits per heavy atom. The molecule has 0 aromatic rings. The number of ether oxygens (including phenoxy) is 1. The second-order valence-corrected chi connectivity index (χ2v) is 11.3. The average molecular weight is 447 g/mol. The first kappa shape index (κ1) is 23.6. The molecule has 2 N–H and O–H groups in total. The SMILES string of the molecule is CCCC(=O)O[C@]1(C(=O)CO)CC[C@H]2[C@@H]3CC(C)C4=CC(=O)CC[C@]4(C)[C@H]3C(O)C[C@@]21C. The predicted molar refractivity (Wildman–Crippen MR) is 118 cm³/mol. The first-order valence-corrected chi connectivity index (χ1v) is 12.3. The highest BCUT2D eigenvalue weighted by molar-refractivity contribution is 5.92. The van der Waals surface area contributed by atoms with Gasteiger partial charge in [0.05, 0.1) is 6.10 Å². The van der Waals surface area contributed by atoms with Gasteiger partial charge in [0.15, 0.2) is 11.4 Å². The largest absolute Gasteiger partial charge is 0.450 e. The molecule has 4 aliphatic carbocycles. The van der Waals surface area contributed by atoms with Crippen LogP contribution in [0.4, 0.5) is 0 Å². The third-order valence-electron chi connectivity index (χ3n) is 9.67. The Morgan fingerprint density at radius 1 is 1.25 bits per heavy atom. The molecule has 0 bridgehead atoms. The maximum atomic E-state index is 13.1. The van der Waals surface area contributed by atoms with Gasteiger partial charge in [-0.1, -0.05) is 33.3 Å². The number of rotatable bonds is 5. The van der Waals surface area contributed by atoms with E-state index in [9.17, 15) is 24.6 Å². The van der Waals surface area contributed by atoms with Gasteiger partial charge in [-0.2, -0.15) is 0 Å². The summed E-state index contributed by atoms with van der Waals surface area (Å²) >= 11 is 0. The molecular formula is C26H38O6. The number of aliphatic hydroxyl groups is 2. The number of carbonyl (C=O) groups is 3. The van der Waals surface area contributed by atoms with E-state index in [4.69, 9.17) is 4.74 Å². The van der Waals surface area contributed by atoms with Crippen molar-refractivity contribution in [3.05, 3.63) is 11.6 Å². The Morgan fingerprint density at radius 2 is 1.97 bits per heavy atom. The Labute approximate surface area is 190 Å². The molecular weight excluding hydrogens is 408 g/mol. The Balaban J connectivity index is 1.76. The number of esters is 1. The molecule has 4 rings (SSSR count). The molecule has 0 aromatic carbocycles. The summed E-state index contributed by atoms with van der Waals surface area (Å²) in [5.74, 6) is -0.154. The molecule has 0 aromatic heterocycles. The molecule has 178 valence electrons. The summed E-state index contributed by atoms with van der Waals surface area (Å²) < 4.78 is 5.95. The highest BCUT2D eigenvalue weighted by Crippen LogP contribution is 2.69. The third kappa shape index (κ3) is 3.16. The van der Waals surface area contributed by atoms with Crippen LogP contribution in [0.25, 0.3) is 0 Å². The van der Waals surface area contributed by atoms with Gasteiger partial charge in [-0.15, -0.1) is 0 Å². The van der Waals surface area contributed by atoms with Gasteiger partial charge in [-0.3, -0.25) is 14.4 Å². The highest BCUT2D eigenvalue weighted by Gasteiger charge is 2.70. The molecule has 2 unspecified atom stereocenters. The number of carbonyl (C=O) groups excluding carboxylic acids is 3. The Bertz CT molecular complexity index is 847. The van der Waals surface area contributed by atoms with Crippen LogP contribution in [-0.2, 0) is 19.1 Å². The first-order valence-electron chi connectivity index (χ1n) is 12.3. The summed E-state index contributed by atoms with van der Waals surface area (Å²) in [7, 11) is 0. The van der Waals surface area contributed by atoms with Crippen molar-refractivity contribution >= 4 is 17.5 Å². The van der Waals surface area contributed by atoms with Crippen molar-refractivity contribution in [2.45, 2.75) is 90.8 Å². The quantitative estimate of drug-likeness (QED) is 0.628. The van der Waals surface area contributed by atoms with Crippen molar-refractivity contribution in [3.63, 3.8) is 0 Å². The predicted octanol–water partition coefficient (Wildman–Crippen LogP) is 3.38. The van der Waals surface area contributed by atoms with Crippen molar-refractivity contribution in [1.29, 1.82) is 0 Å². The normalized spacial score (nSPS) is 45.4. The molecule has 0 heterocycles. The lowest BCUT2D eigenvalue weighted by atomic mass is 9.44. The lowest BCUT2D eigenvalue weighted by Gasteiger charge is -2.62. The number of Topliss-reactive ketones (excluding diaryl/α,β-unsaturated/α-hetero) is 1. The van der Waals surface area contributed by atoms with Gasteiger partial charge in [0.2, 0.25) is 5.78 Å². The number of hydrogen-bond acceptors (Lipinski definition) is 6. The zero-order chi connectivity index (χ0) is 23.5. The van der Waals surface area contributed by atoms with Crippen LogP contribution in [0.15, 0.2) is 11.6 Å². The number of aliphatic hydroxyl groups excluding tert-OH is 2. The van der Waals surface area contributed by atoms with Gasteiger partial charge in [0.1, 0.15) is 6.61 Å². The lowest BCUT2D eigenvalue weighted by Crippen LogP contribution is -2.63. The first-order chi connectivity index (χ1) is 15.0. The smallest absolute Gasteiger partial charge is 0.306 e. The van der Waals surface area contributed by atoms with Crippen molar-refractivity contribution in [2.75, 3.05) is 6.61 Å². The number of allylic oxidation sites excluding steroid dienone is 1. The van der Waals surface area contributed by atoms with Gasteiger partial charge in [-0.25, -0.2) is 0 Å². The van der Waals surface area contributed by atoms with Crippen molar-refractivity contribution < 1.29 is 29.3 Å². The van der Waals surface area contributed by atoms with Crippen LogP contribution in [0.5, 0.6) is 0 Å². The summed E-state index contributed by atoms with van der Waals surface area (Å²) in [6.07, 6.45) is 5.60. The standard InChI is InChI=1S/C26H38O6/c1-5-6-22(31)32-26(21(30)14-27)10-8-18-17-11-15(2)19-12-16(28)7-9-24(19,3)23(17)20(29)13-25(18,26)4/h12,15,17-18,20,23,27,29H,5-11,13-14H2,1-4H3/t15?,17-,18-,20?,23+,24-,25-,26-/m0/s1. The zero-order valence-electron chi connectivity index (χ0n) is 19.9. The minimum absolute atomic E-state index is 0.0162. The molecule has 3 saturated carbocycles. The Kier molecular flexibility index (Phi) is 5.94. The average Bonchev–Trinajstić information content (AvgIpc) is 3.01. The van der Waals surface area contributed by atoms with E-state index in [2.05, 4.69) is 13.8 Å². The van der Waals surface area contributed by atoms with Gasteiger partial charge >= 0.3 is 5.97 Å². The molecule has 0 radical (unpaired) electrons. The van der Waals surface area contributed by atoms with E-state index in [1.54, 1.807) is 0 Å². The summed E-state index contributed by atoms with van der Waals surface area (Å²) in [4.78, 5) is 37.9. The van der Waals surface area contributed by atoms with Gasteiger partial charge in [0, 0.05) is 18.3 Å². The van der Waals surface area contributed by atoms with Gasteiger partial charge in [0.25, 0.3) is 0 Å². The van der Waals surface area contributed by atoms with E-state index >= 15 is 0 Å². The highest BCUT2D eigenvalue weighted by atomic mass is 16.6. The molecule has 3 fully saturated rings. The molecule has 4 aliphatic rings. The minimum atomic E-state index is -1.38. The monoisotopic (exact) mass is 446 g/mol. The molecule has 6 nitrogen and oxygen atoms in total. The van der Waals surface area contributed by atoms with E-state index in [-0.39, 0.29) is 41.3 Å². The van der Waals surface area contributed by atoms with Crippen LogP contribution >= 0.6 is 0 Å². The fraction of sp³-hybridized carbons (Fsp3) is 0.808. The molecule has 0 spiro atoms. The summed E-state index contributed by atoms with van der Waals surface area (Å²) in [5, 5.41) is 21.4. The van der Waals surface area contributed by atoms with Gasteiger partial charge < -0.3 is 14.9 Å². The maximum absolute atomic E-state index is 13.1. The molecule has 8 atom stereocenters. The van der Waals surface area contributed by atoms with Crippen molar-refractivity contribution in [1.82, 2.24) is 0 Å². The van der Waals surface area contributed by atoms with Crippen molar-refractivity contribution in [3.8, 4) is 0 Å². The van der Waals surface area contributed by atoms with Crippen LogP contribution in [0.3, 0.4) is 0 Å². The maximum Gasteiger partial charge on any atom is 0.306 e. The van der Waals surface area contributed by atoms with E-state index in [0.29, 0.717) is 25.7 Å². The van der Waals surface area contributed by atoms with E-state index in [0.717, 1.165) is 19.3 Å². The number of fused-ring (bicyclic) bond motifs is 5. The minimum Gasteiger partial charge on any atom is -0.450 e. The number of ketones is 2. The zero-order valence-corrected chi connectivity index (χ0v) is 19.9. The van der Waals surface area contributed by atoms with Gasteiger partial charge in [-0.05, 0) is 73.7 Å².